The third kappa shape index (κ3) is 5.30. The molecule has 0 aromatic heterocycles. The third-order valence-corrected chi connectivity index (χ3v) is 4.25. The van der Waals surface area contributed by atoms with Gasteiger partial charge in [-0.1, -0.05) is 18.6 Å². The van der Waals surface area contributed by atoms with E-state index in [4.69, 9.17) is 5.11 Å². The Hall–Kier alpha value is -1.70. The third-order valence-electron chi connectivity index (χ3n) is 2.81. The molecule has 0 saturated heterocycles. The van der Waals surface area contributed by atoms with Crippen molar-refractivity contribution < 1.29 is 27.1 Å². The number of carboxylic acids is 1. The standard InChI is InChI=1S/C13H17F2NO4S/c14-13(15)21(19,20)11-7-4-3-6-10(11)16-9-5-1-2-8-12(17)18/h3-4,6-7,13,16H,1-2,5,8-9H2,(H,17,18). The van der Waals surface area contributed by atoms with Crippen LogP contribution in [0.15, 0.2) is 29.2 Å². The van der Waals surface area contributed by atoms with E-state index in [9.17, 15) is 22.0 Å². The molecule has 0 saturated carbocycles. The van der Waals surface area contributed by atoms with Gasteiger partial charge in [0, 0.05) is 13.0 Å². The summed E-state index contributed by atoms with van der Waals surface area (Å²) >= 11 is 0. The number of rotatable bonds is 9. The van der Waals surface area contributed by atoms with E-state index in [1.807, 2.05) is 0 Å². The molecule has 0 amide bonds. The molecule has 5 nitrogen and oxygen atoms in total. The molecule has 0 aliphatic carbocycles. The van der Waals surface area contributed by atoms with Gasteiger partial charge in [-0.3, -0.25) is 4.79 Å². The summed E-state index contributed by atoms with van der Waals surface area (Å²) in [5, 5.41) is 11.3. The lowest BCUT2D eigenvalue weighted by molar-refractivity contribution is -0.137. The van der Waals surface area contributed by atoms with E-state index in [-0.39, 0.29) is 12.1 Å². The predicted octanol–water partition coefficient (Wildman–Crippen LogP) is 2.74. The number of aliphatic carboxylic acids is 1. The maximum Gasteiger partial charge on any atom is 0.341 e. The van der Waals surface area contributed by atoms with Crippen LogP contribution in [-0.4, -0.2) is 31.8 Å². The van der Waals surface area contributed by atoms with Gasteiger partial charge < -0.3 is 10.4 Å². The van der Waals surface area contributed by atoms with Crippen LogP contribution in [0, 0.1) is 0 Å². The number of carboxylic acid groups (broad SMARTS) is 1. The second-order valence-electron chi connectivity index (χ2n) is 4.43. The normalized spacial score (nSPS) is 11.6. The van der Waals surface area contributed by atoms with Crippen LogP contribution >= 0.6 is 0 Å². The maximum atomic E-state index is 12.6. The van der Waals surface area contributed by atoms with E-state index in [0.717, 1.165) is 6.07 Å². The van der Waals surface area contributed by atoms with Crippen LogP contribution < -0.4 is 5.32 Å². The van der Waals surface area contributed by atoms with Crippen molar-refractivity contribution in [3.05, 3.63) is 24.3 Å². The first-order valence-corrected chi connectivity index (χ1v) is 7.97. The van der Waals surface area contributed by atoms with Gasteiger partial charge in [0.25, 0.3) is 0 Å². The predicted molar refractivity (Wildman–Crippen MR) is 74.2 cm³/mol. The number of hydrogen-bond acceptors (Lipinski definition) is 4. The van der Waals surface area contributed by atoms with Crippen LogP contribution in [0.5, 0.6) is 0 Å². The molecule has 21 heavy (non-hydrogen) atoms. The van der Waals surface area contributed by atoms with Crippen LogP contribution in [0.3, 0.4) is 0 Å². The molecule has 0 aliphatic heterocycles. The summed E-state index contributed by atoms with van der Waals surface area (Å²) in [7, 11) is -4.64. The number of carbonyl (C=O) groups is 1. The van der Waals surface area contributed by atoms with Crippen molar-refractivity contribution in [1.29, 1.82) is 0 Å². The average Bonchev–Trinajstić information content (AvgIpc) is 2.42. The smallest absolute Gasteiger partial charge is 0.341 e. The zero-order valence-electron chi connectivity index (χ0n) is 11.3. The topological polar surface area (TPSA) is 83.5 Å². The van der Waals surface area contributed by atoms with Gasteiger partial charge in [-0.25, -0.2) is 8.42 Å². The van der Waals surface area contributed by atoms with Gasteiger partial charge in [-0.15, -0.1) is 0 Å². The second-order valence-corrected chi connectivity index (χ2v) is 6.32. The lowest BCUT2D eigenvalue weighted by atomic mass is 10.2. The minimum Gasteiger partial charge on any atom is -0.481 e. The SMILES string of the molecule is O=C(O)CCCCCNc1ccccc1S(=O)(=O)C(F)F. The first kappa shape index (κ1) is 17.4. The van der Waals surface area contributed by atoms with Crippen LogP contribution in [0.2, 0.25) is 0 Å². The summed E-state index contributed by atoms with van der Waals surface area (Å²) in [5.74, 6) is -4.33. The lowest BCUT2D eigenvalue weighted by Gasteiger charge is -2.12. The molecule has 0 aliphatic rings. The van der Waals surface area contributed by atoms with Gasteiger partial charge in [0.2, 0.25) is 9.84 Å². The summed E-state index contributed by atoms with van der Waals surface area (Å²) in [5.41, 5.74) is 0.135. The fourth-order valence-corrected chi connectivity index (χ4v) is 2.66. The Morgan fingerprint density at radius 1 is 1.19 bits per heavy atom. The zero-order valence-corrected chi connectivity index (χ0v) is 12.1. The van der Waals surface area contributed by atoms with E-state index in [1.165, 1.54) is 12.1 Å². The molecule has 0 atom stereocenters. The van der Waals surface area contributed by atoms with Gasteiger partial charge in [0.05, 0.1) is 10.6 Å². The molecule has 0 unspecified atom stereocenters. The second kappa shape index (κ2) is 7.92. The van der Waals surface area contributed by atoms with Gasteiger partial charge in [-0.05, 0) is 25.0 Å². The monoisotopic (exact) mass is 321 g/mol. The number of sulfone groups is 1. The molecule has 0 radical (unpaired) electrons. The lowest BCUT2D eigenvalue weighted by Crippen LogP contribution is -2.14. The molecular weight excluding hydrogens is 304 g/mol. The highest BCUT2D eigenvalue weighted by atomic mass is 32.2. The maximum absolute atomic E-state index is 12.6. The highest BCUT2D eigenvalue weighted by Crippen LogP contribution is 2.26. The largest absolute Gasteiger partial charge is 0.481 e. The summed E-state index contributed by atoms with van der Waals surface area (Å²) in [6.45, 7) is 0.384. The van der Waals surface area contributed by atoms with Crippen molar-refractivity contribution in [3.63, 3.8) is 0 Å². The number of nitrogens with one attached hydrogen (secondary N) is 1. The number of para-hydroxylation sites is 1. The number of unbranched alkanes of at least 4 members (excludes halogenated alkanes) is 2. The molecule has 0 bridgehead atoms. The minimum absolute atomic E-state index is 0.0797. The highest BCUT2D eigenvalue weighted by Gasteiger charge is 2.28. The van der Waals surface area contributed by atoms with E-state index in [2.05, 4.69) is 5.32 Å². The molecule has 1 aromatic rings. The van der Waals surface area contributed by atoms with Crippen molar-refractivity contribution in [2.45, 2.75) is 36.3 Å². The Balaban J connectivity index is 2.59. The van der Waals surface area contributed by atoms with Gasteiger partial charge in [-0.2, -0.15) is 8.78 Å². The Kier molecular flexibility index (Phi) is 6.54. The number of anilines is 1. The summed E-state index contributed by atoms with van der Waals surface area (Å²) in [6, 6.07) is 5.49. The van der Waals surface area contributed by atoms with Crippen molar-refractivity contribution >= 4 is 21.5 Å². The van der Waals surface area contributed by atoms with Crippen LogP contribution in [0.4, 0.5) is 14.5 Å². The Morgan fingerprint density at radius 2 is 1.86 bits per heavy atom. The van der Waals surface area contributed by atoms with Crippen molar-refractivity contribution in [2.24, 2.45) is 0 Å². The average molecular weight is 321 g/mol. The minimum atomic E-state index is -4.64. The number of alkyl halides is 2. The quantitative estimate of drug-likeness (QED) is 0.683. The number of hydrogen-bond donors (Lipinski definition) is 2. The molecule has 0 fully saturated rings. The van der Waals surface area contributed by atoms with Crippen LogP contribution in [-0.2, 0) is 14.6 Å². The van der Waals surface area contributed by atoms with Gasteiger partial charge >= 0.3 is 11.7 Å². The first-order valence-electron chi connectivity index (χ1n) is 6.42. The summed E-state index contributed by atoms with van der Waals surface area (Å²) in [6.07, 6.45) is 1.88. The van der Waals surface area contributed by atoms with Gasteiger partial charge in [0.15, 0.2) is 0 Å². The Bertz CT molecular complexity index is 575. The van der Waals surface area contributed by atoms with E-state index in [0.29, 0.717) is 25.8 Å². The van der Waals surface area contributed by atoms with Crippen molar-refractivity contribution in [2.75, 3.05) is 11.9 Å². The number of halogens is 2. The molecule has 2 N–H and O–H groups in total. The fraction of sp³-hybridized carbons (Fsp3) is 0.462. The van der Waals surface area contributed by atoms with E-state index in [1.54, 1.807) is 6.07 Å². The first-order chi connectivity index (χ1) is 9.85. The summed E-state index contributed by atoms with van der Waals surface area (Å²) in [4.78, 5) is 9.89. The van der Waals surface area contributed by atoms with Crippen LogP contribution in [0.25, 0.3) is 0 Å². The molecule has 0 spiro atoms. The summed E-state index contributed by atoms with van der Waals surface area (Å²) < 4.78 is 48.2. The molecule has 8 heteroatoms. The Morgan fingerprint density at radius 3 is 2.48 bits per heavy atom. The number of benzene rings is 1. The van der Waals surface area contributed by atoms with E-state index >= 15 is 0 Å². The zero-order chi connectivity index (χ0) is 15.9. The molecule has 0 heterocycles. The fourth-order valence-electron chi connectivity index (χ4n) is 1.76. The molecule has 1 rings (SSSR count). The molecule has 118 valence electrons. The van der Waals surface area contributed by atoms with Crippen LogP contribution in [0.1, 0.15) is 25.7 Å². The molecule has 1 aromatic carbocycles. The van der Waals surface area contributed by atoms with E-state index < -0.39 is 26.5 Å². The van der Waals surface area contributed by atoms with Gasteiger partial charge in [0.1, 0.15) is 0 Å². The van der Waals surface area contributed by atoms with Crippen molar-refractivity contribution in [3.8, 4) is 0 Å². The highest BCUT2D eigenvalue weighted by molar-refractivity contribution is 7.91. The Labute approximate surface area is 121 Å². The molecular formula is C13H17F2NO4S. The van der Waals surface area contributed by atoms with Crippen molar-refractivity contribution in [1.82, 2.24) is 0 Å².